The van der Waals surface area contributed by atoms with Crippen LogP contribution in [0.1, 0.15) is 50.2 Å². The third kappa shape index (κ3) is 5.08. The van der Waals surface area contributed by atoms with Gasteiger partial charge in [-0.2, -0.15) is 0 Å². The van der Waals surface area contributed by atoms with Gasteiger partial charge in [-0.1, -0.05) is 79.4 Å². The third-order valence-corrected chi connectivity index (χ3v) is 6.70. The van der Waals surface area contributed by atoms with Crippen LogP contribution in [0.25, 0.3) is 0 Å². The van der Waals surface area contributed by atoms with E-state index in [4.69, 9.17) is 0 Å². The minimum Gasteiger partial charge on any atom is -0.367 e. The maximum Gasteiger partial charge on any atom is 0.170 e. The predicted molar refractivity (Wildman–Crippen MR) is 121 cm³/mol. The van der Waals surface area contributed by atoms with Gasteiger partial charge in [0.05, 0.1) is 10.9 Å². The molecule has 1 aliphatic carbocycles. The Morgan fingerprint density at radius 3 is 2.54 bits per heavy atom. The van der Waals surface area contributed by atoms with E-state index in [2.05, 4.69) is 74.7 Å². The second-order valence-electron chi connectivity index (χ2n) is 7.82. The number of thioether (sulfide) groups is 1. The largest absolute Gasteiger partial charge is 0.367 e. The van der Waals surface area contributed by atoms with E-state index in [9.17, 15) is 4.79 Å². The van der Waals surface area contributed by atoms with Gasteiger partial charge in [0, 0.05) is 18.7 Å². The van der Waals surface area contributed by atoms with Gasteiger partial charge >= 0.3 is 0 Å². The summed E-state index contributed by atoms with van der Waals surface area (Å²) < 4.78 is 0. The van der Waals surface area contributed by atoms with E-state index in [1.807, 2.05) is 6.08 Å². The predicted octanol–water partition coefficient (Wildman–Crippen LogP) is 6.37. The normalized spacial score (nSPS) is 20.4. The van der Waals surface area contributed by atoms with E-state index in [1.165, 1.54) is 23.3 Å². The van der Waals surface area contributed by atoms with Crippen LogP contribution in [-0.2, 0) is 4.79 Å². The van der Waals surface area contributed by atoms with Crippen LogP contribution in [0.4, 0.5) is 0 Å². The topological polar surface area (TPSA) is 20.3 Å². The van der Waals surface area contributed by atoms with E-state index in [-0.39, 0.29) is 11.7 Å². The molecule has 3 rings (SSSR count). The summed E-state index contributed by atoms with van der Waals surface area (Å²) in [6, 6.07) is 8.41. The Morgan fingerprint density at radius 2 is 1.96 bits per heavy atom. The molecule has 1 fully saturated rings. The van der Waals surface area contributed by atoms with Crippen molar-refractivity contribution in [2.75, 3.05) is 13.1 Å². The summed E-state index contributed by atoms with van der Waals surface area (Å²) in [7, 11) is 0. The van der Waals surface area contributed by atoms with Gasteiger partial charge in [-0.3, -0.25) is 4.79 Å². The van der Waals surface area contributed by atoms with Crippen LogP contribution in [0, 0.1) is 12.8 Å². The first kappa shape index (κ1) is 20.7. The summed E-state index contributed by atoms with van der Waals surface area (Å²) in [5, 5.41) is 1.11. The molecule has 148 valence electrons. The fourth-order valence-corrected chi connectivity index (χ4v) is 4.76. The van der Waals surface area contributed by atoms with Gasteiger partial charge in [0.15, 0.2) is 5.78 Å². The number of hydrogen-bond donors (Lipinski definition) is 0. The number of Topliss-reactive ketones (excluding diaryl/α,β-unsaturated/α-hetero) is 1. The van der Waals surface area contributed by atoms with Crippen molar-refractivity contribution in [3.05, 3.63) is 81.8 Å². The van der Waals surface area contributed by atoms with Gasteiger partial charge in [-0.25, -0.2) is 0 Å². The molecule has 2 aliphatic rings. The van der Waals surface area contributed by atoms with Crippen molar-refractivity contribution in [3.8, 4) is 0 Å². The van der Waals surface area contributed by atoms with Crippen LogP contribution in [0.5, 0.6) is 0 Å². The van der Waals surface area contributed by atoms with Crippen LogP contribution >= 0.6 is 11.8 Å². The number of nitrogens with zero attached hydrogens (tertiary/aromatic N) is 1. The zero-order valence-electron chi connectivity index (χ0n) is 17.3. The molecule has 2 nitrogen and oxygen atoms in total. The molecule has 1 aromatic carbocycles. The Labute approximate surface area is 174 Å². The molecule has 0 spiro atoms. The minimum atomic E-state index is -0.160. The Kier molecular flexibility index (Phi) is 7.01. The number of likely N-dealkylation sites (tertiary alicyclic amines) is 1. The van der Waals surface area contributed by atoms with Crippen LogP contribution in [0.3, 0.4) is 0 Å². The van der Waals surface area contributed by atoms with Crippen molar-refractivity contribution in [2.45, 2.75) is 46.0 Å². The second-order valence-corrected chi connectivity index (χ2v) is 9.02. The first-order valence-electron chi connectivity index (χ1n) is 10.3. The minimum absolute atomic E-state index is 0.160. The summed E-state index contributed by atoms with van der Waals surface area (Å²) in [6.45, 7) is 12.7. The fraction of sp³-hybridized carbons (Fsp3) is 0.400. The molecule has 0 amide bonds. The van der Waals surface area contributed by atoms with Gasteiger partial charge in [0.2, 0.25) is 0 Å². The zero-order valence-corrected chi connectivity index (χ0v) is 18.1. The van der Waals surface area contributed by atoms with Gasteiger partial charge in [-0.05, 0) is 49.5 Å². The molecule has 0 saturated carbocycles. The zero-order chi connectivity index (χ0) is 20.1. The lowest BCUT2D eigenvalue weighted by atomic mass is 9.87. The molecule has 2 atom stereocenters. The number of aryl methyl sites for hydroxylation is 1. The highest BCUT2D eigenvalue weighted by molar-refractivity contribution is 8.06. The Hall–Kier alpha value is -2.00. The summed E-state index contributed by atoms with van der Waals surface area (Å²) >= 11 is 1.73. The Balaban J connectivity index is 1.80. The highest BCUT2D eigenvalue weighted by Crippen LogP contribution is 2.37. The molecule has 0 aromatic heterocycles. The highest BCUT2D eigenvalue weighted by atomic mass is 32.2. The molecule has 0 bridgehead atoms. The summed E-state index contributed by atoms with van der Waals surface area (Å²) in [6.07, 6.45) is 11.5. The molecule has 2 unspecified atom stereocenters. The SMILES string of the molecule is C=C(S/C(=C\C)CC(C(=O)C1=CC(C)C=C1)c1ccc(C)cc1)N1CCCC1. The molecule has 1 aromatic rings. The molecular weight excluding hydrogens is 362 g/mol. The molecule has 0 N–H and O–H groups in total. The standard InChI is InChI=1S/C25H31NOS/c1-5-23(28-20(4)26-14-6-7-15-26)17-24(21-11-8-18(2)9-12-21)25(27)22-13-10-19(3)16-22/h5,8-13,16,19,24H,4,6-7,14-15,17H2,1-3H3/b23-5-. The first-order valence-corrected chi connectivity index (χ1v) is 11.1. The number of ketones is 1. The maximum atomic E-state index is 13.4. The van der Waals surface area contributed by atoms with Crippen LogP contribution < -0.4 is 0 Å². The summed E-state index contributed by atoms with van der Waals surface area (Å²) in [5.41, 5.74) is 3.15. The number of benzene rings is 1. The van der Waals surface area contributed by atoms with E-state index in [0.717, 1.165) is 35.7 Å². The molecular formula is C25H31NOS. The number of rotatable bonds is 8. The van der Waals surface area contributed by atoms with Crippen LogP contribution in [-0.4, -0.2) is 23.8 Å². The summed E-state index contributed by atoms with van der Waals surface area (Å²) in [5.74, 6) is 0.395. The number of carbonyl (C=O) groups is 1. The van der Waals surface area contributed by atoms with Crippen molar-refractivity contribution in [1.29, 1.82) is 0 Å². The lowest BCUT2D eigenvalue weighted by Gasteiger charge is -2.23. The van der Waals surface area contributed by atoms with Crippen LogP contribution in [0.15, 0.2) is 70.7 Å². The average molecular weight is 394 g/mol. The first-order chi connectivity index (χ1) is 13.5. The van der Waals surface area contributed by atoms with Gasteiger partial charge in [-0.15, -0.1) is 0 Å². The Morgan fingerprint density at radius 1 is 1.29 bits per heavy atom. The van der Waals surface area contributed by atoms with Crippen molar-refractivity contribution < 1.29 is 4.79 Å². The van der Waals surface area contributed by atoms with Crippen molar-refractivity contribution in [2.24, 2.45) is 5.92 Å². The lowest BCUT2D eigenvalue weighted by molar-refractivity contribution is -0.116. The maximum absolute atomic E-state index is 13.4. The average Bonchev–Trinajstić information content (AvgIpc) is 3.37. The number of hydrogen-bond acceptors (Lipinski definition) is 3. The van der Waals surface area contributed by atoms with Crippen molar-refractivity contribution in [3.63, 3.8) is 0 Å². The summed E-state index contributed by atoms with van der Waals surface area (Å²) in [4.78, 5) is 17.0. The molecule has 1 heterocycles. The van der Waals surface area contributed by atoms with Crippen molar-refractivity contribution >= 4 is 17.5 Å². The Bertz CT molecular complexity index is 809. The fourth-order valence-electron chi connectivity index (χ4n) is 3.78. The van der Waals surface area contributed by atoms with E-state index in [1.54, 1.807) is 11.8 Å². The van der Waals surface area contributed by atoms with Crippen molar-refractivity contribution in [1.82, 2.24) is 4.90 Å². The second kappa shape index (κ2) is 9.47. The van der Waals surface area contributed by atoms with E-state index >= 15 is 0 Å². The lowest BCUT2D eigenvalue weighted by Crippen LogP contribution is -2.17. The monoisotopic (exact) mass is 393 g/mol. The number of carbonyl (C=O) groups excluding carboxylic acids is 1. The quantitative estimate of drug-likeness (QED) is 0.511. The number of allylic oxidation sites excluding steroid dienone is 6. The van der Waals surface area contributed by atoms with Gasteiger partial charge in [0.1, 0.15) is 0 Å². The molecule has 0 radical (unpaired) electrons. The smallest absolute Gasteiger partial charge is 0.170 e. The van der Waals surface area contributed by atoms with Gasteiger partial charge < -0.3 is 4.90 Å². The van der Waals surface area contributed by atoms with E-state index in [0.29, 0.717) is 5.92 Å². The molecule has 28 heavy (non-hydrogen) atoms. The van der Waals surface area contributed by atoms with Gasteiger partial charge in [0.25, 0.3) is 0 Å². The van der Waals surface area contributed by atoms with Crippen LogP contribution in [0.2, 0.25) is 0 Å². The molecule has 3 heteroatoms. The molecule has 1 aliphatic heterocycles. The highest BCUT2D eigenvalue weighted by Gasteiger charge is 2.26. The van der Waals surface area contributed by atoms with E-state index < -0.39 is 0 Å². The third-order valence-electron chi connectivity index (χ3n) is 5.54. The molecule has 1 saturated heterocycles.